The van der Waals surface area contributed by atoms with Gasteiger partial charge in [0.05, 0.1) is 28.9 Å². The monoisotopic (exact) mass is 545 g/mol. The maximum absolute atomic E-state index is 12.8. The van der Waals surface area contributed by atoms with Gasteiger partial charge in [-0.1, -0.05) is 37.0 Å². The lowest BCUT2D eigenvalue weighted by Gasteiger charge is -2.23. The van der Waals surface area contributed by atoms with Crippen LogP contribution < -0.4 is 10.2 Å². The summed E-state index contributed by atoms with van der Waals surface area (Å²) >= 11 is 12.6. The summed E-state index contributed by atoms with van der Waals surface area (Å²) < 4.78 is 26.9. The lowest BCUT2D eigenvalue weighted by molar-refractivity contribution is -0.114. The standard InChI is InChI=1S/C22H29Cl2N5O5S/c1-4-29(5-2)35(33,34)22-14-17(23)20(13-18(22)24)27-26-19-7-6-16(12-21(19)25-15(3)32)28(8-10-30)9-11-31/h6-7,12-14,30-31H,4-5,8-11H2,1-3H3,(H,25,32). The summed E-state index contributed by atoms with van der Waals surface area (Å²) in [7, 11) is -3.82. The number of carbonyl (C=O) groups is 1. The van der Waals surface area contributed by atoms with E-state index in [1.165, 1.54) is 23.4 Å². The molecule has 13 heteroatoms. The number of halogens is 2. The molecule has 10 nitrogen and oxygen atoms in total. The Hall–Kier alpha value is -2.28. The van der Waals surface area contributed by atoms with Gasteiger partial charge in [0.1, 0.15) is 16.3 Å². The van der Waals surface area contributed by atoms with Crippen LogP contribution in [0, 0.1) is 0 Å². The normalized spacial score (nSPS) is 11.9. The Morgan fingerprint density at radius 1 is 0.971 bits per heavy atom. The first-order valence-corrected chi connectivity index (χ1v) is 13.1. The van der Waals surface area contributed by atoms with Crippen molar-refractivity contribution >= 4 is 61.9 Å². The number of hydrogen-bond donors (Lipinski definition) is 3. The number of nitrogens with zero attached hydrogens (tertiary/aromatic N) is 4. The number of sulfonamides is 1. The van der Waals surface area contributed by atoms with Crippen LogP contribution in [-0.4, -0.2) is 68.2 Å². The van der Waals surface area contributed by atoms with Gasteiger partial charge in [-0.3, -0.25) is 4.79 Å². The molecule has 0 saturated heterocycles. The van der Waals surface area contributed by atoms with E-state index in [1.54, 1.807) is 36.9 Å². The summed E-state index contributed by atoms with van der Waals surface area (Å²) in [6.07, 6.45) is 0. The Bertz CT molecular complexity index is 1170. The predicted molar refractivity (Wildman–Crippen MR) is 138 cm³/mol. The van der Waals surface area contributed by atoms with Gasteiger partial charge in [0.25, 0.3) is 0 Å². The summed E-state index contributed by atoms with van der Waals surface area (Å²) in [5.41, 5.74) is 1.46. The molecule has 0 aromatic heterocycles. The summed E-state index contributed by atoms with van der Waals surface area (Å²) in [4.78, 5) is 13.4. The molecule has 2 aromatic carbocycles. The highest BCUT2D eigenvalue weighted by Crippen LogP contribution is 2.37. The highest BCUT2D eigenvalue weighted by atomic mass is 35.5. The van der Waals surface area contributed by atoms with E-state index in [2.05, 4.69) is 15.5 Å². The van der Waals surface area contributed by atoms with Crippen molar-refractivity contribution in [1.82, 2.24) is 4.31 Å². The SMILES string of the molecule is CCN(CC)S(=O)(=O)c1cc(Cl)c(N=Nc2ccc(N(CCO)CCO)cc2NC(C)=O)cc1Cl. The van der Waals surface area contributed by atoms with Crippen molar-refractivity contribution in [3.63, 3.8) is 0 Å². The molecule has 3 N–H and O–H groups in total. The molecule has 0 saturated carbocycles. The average Bonchev–Trinajstić information content (AvgIpc) is 2.80. The number of amides is 1. The van der Waals surface area contributed by atoms with Crippen LogP contribution in [0.1, 0.15) is 20.8 Å². The quantitative estimate of drug-likeness (QED) is 0.342. The Morgan fingerprint density at radius 2 is 1.57 bits per heavy atom. The number of hydrogen-bond acceptors (Lipinski definition) is 8. The third kappa shape index (κ3) is 7.35. The number of benzene rings is 2. The number of anilines is 2. The molecule has 0 aliphatic rings. The van der Waals surface area contributed by atoms with Crippen LogP contribution in [0.15, 0.2) is 45.5 Å². The second-order valence-corrected chi connectivity index (χ2v) is 10.1. The lowest BCUT2D eigenvalue weighted by atomic mass is 10.2. The van der Waals surface area contributed by atoms with Crippen LogP contribution in [-0.2, 0) is 14.8 Å². The van der Waals surface area contributed by atoms with Crippen LogP contribution in [0.5, 0.6) is 0 Å². The van der Waals surface area contributed by atoms with E-state index >= 15 is 0 Å². The minimum absolute atomic E-state index is 0.0404. The maximum Gasteiger partial charge on any atom is 0.244 e. The van der Waals surface area contributed by atoms with E-state index in [0.717, 1.165) is 0 Å². The molecule has 192 valence electrons. The van der Waals surface area contributed by atoms with Crippen molar-refractivity contribution in [3.8, 4) is 0 Å². The molecule has 2 rings (SSSR count). The molecule has 0 aliphatic heterocycles. The van der Waals surface area contributed by atoms with Gasteiger partial charge in [-0.25, -0.2) is 8.42 Å². The third-order valence-corrected chi connectivity index (χ3v) is 7.80. The Kier molecular flexibility index (Phi) is 10.9. The summed E-state index contributed by atoms with van der Waals surface area (Å²) in [5.74, 6) is -0.332. The van der Waals surface area contributed by atoms with Crippen LogP contribution in [0.3, 0.4) is 0 Å². The molecule has 0 bridgehead atoms. The maximum atomic E-state index is 12.8. The molecular formula is C22H29Cl2N5O5S. The summed E-state index contributed by atoms with van der Waals surface area (Å²) in [6, 6.07) is 7.53. The Morgan fingerprint density at radius 3 is 2.11 bits per heavy atom. The first-order valence-electron chi connectivity index (χ1n) is 10.9. The first kappa shape index (κ1) is 29.0. The van der Waals surface area contributed by atoms with E-state index in [4.69, 9.17) is 23.2 Å². The van der Waals surface area contributed by atoms with Crippen LogP contribution in [0.4, 0.5) is 22.7 Å². The zero-order valence-electron chi connectivity index (χ0n) is 19.7. The van der Waals surface area contributed by atoms with Crippen molar-refractivity contribution in [1.29, 1.82) is 0 Å². The van der Waals surface area contributed by atoms with Crippen molar-refractivity contribution in [2.24, 2.45) is 10.2 Å². The minimum Gasteiger partial charge on any atom is -0.395 e. The van der Waals surface area contributed by atoms with E-state index < -0.39 is 10.0 Å². The van der Waals surface area contributed by atoms with Crippen molar-refractivity contribution in [2.75, 3.05) is 49.6 Å². The fourth-order valence-electron chi connectivity index (χ4n) is 3.31. The molecule has 0 unspecified atom stereocenters. The molecule has 1 amide bonds. The summed E-state index contributed by atoms with van der Waals surface area (Å²) in [5, 5.41) is 29.5. The number of carbonyl (C=O) groups excluding carboxylic acids is 1. The molecule has 0 aliphatic carbocycles. The van der Waals surface area contributed by atoms with Crippen LogP contribution in [0.25, 0.3) is 0 Å². The third-order valence-electron chi connectivity index (χ3n) is 4.99. The molecule has 0 atom stereocenters. The second kappa shape index (κ2) is 13.1. The van der Waals surface area contributed by atoms with Crippen LogP contribution in [0.2, 0.25) is 10.0 Å². The van der Waals surface area contributed by atoms with E-state index in [1.807, 2.05) is 0 Å². The van der Waals surface area contributed by atoms with E-state index in [9.17, 15) is 23.4 Å². The smallest absolute Gasteiger partial charge is 0.244 e. The van der Waals surface area contributed by atoms with Gasteiger partial charge in [0, 0.05) is 38.8 Å². The molecule has 0 spiro atoms. The van der Waals surface area contributed by atoms with E-state index in [-0.39, 0.29) is 65.9 Å². The molecular weight excluding hydrogens is 517 g/mol. The number of aliphatic hydroxyl groups excluding tert-OH is 2. The number of azo groups is 1. The Labute approximate surface area is 215 Å². The van der Waals surface area contributed by atoms with Crippen molar-refractivity contribution in [2.45, 2.75) is 25.7 Å². The highest BCUT2D eigenvalue weighted by Gasteiger charge is 2.25. The van der Waals surface area contributed by atoms with Gasteiger partial charge in [0.2, 0.25) is 15.9 Å². The Balaban J connectivity index is 2.46. The zero-order valence-corrected chi connectivity index (χ0v) is 22.0. The van der Waals surface area contributed by atoms with Gasteiger partial charge >= 0.3 is 0 Å². The van der Waals surface area contributed by atoms with Gasteiger partial charge in [-0.05, 0) is 30.3 Å². The number of aliphatic hydroxyl groups is 2. The molecule has 0 heterocycles. The molecule has 0 fully saturated rings. The summed E-state index contributed by atoms with van der Waals surface area (Å²) in [6.45, 7) is 5.71. The molecule has 2 aromatic rings. The fourth-order valence-corrected chi connectivity index (χ4v) is 5.56. The average molecular weight is 546 g/mol. The van der Waals surface area contributed by atoms with Crippen molar-refractivity contribution in [3.05, 3.63) is 40.4 Å². The second-order valence-electron chi connectivity index (χ2n) is 7.34. The van der Waals surface area contributed by atoms with Gasteiger partial charge in [0.15, 0.2) is 0 Å². The fraction of sp³-hybridized carbons (Fsp3) is 0.409. The van der Waals surface area contributed by atoms with Gasteiger partial charge in [-0.15, -0.1) is 10.2 Å². The van der Waals surface area contributed by atoms with Crippen LogP contribution >= 0.6 is 23.2 Å². The number of nitrogens with one attached hydrogen (secondary N) is 1. The lowest BCUT2D eigenvalue weighted by Crippen LogP contribution is -2.30. The van der Waals surface area contributed by atoms with E-state index in [0.29, 0.717) is 17.1 Å². The van der Waals surface area contributed by atoms with Gasteiger partial charge in [-0.2, -0.15) is 4.31 Å². The predicted octanol–water partition coefficient (Wildman–Crippen LogP) is 4.19. The zero-order chi connectivity index (χ0) is 26.2. The van der Waals surface area contributed by atoms with Gasteiger partial charge < -0.3 is 20.4 Å². The topological polar surface area (TPSA) is 135 Å². The first-order chi connectivity index (χ1) is 16.6. The largest absolute Gasteiger partial charge is 0.395 e. The minimum atomic E-state index is -3.82. The molecule has 35 heavy (non-hydrogen) atoms. The van der Waals surface area contributed by atoms with Crippen molar-refractivity contribution < 1.29 is 23.4 Å². The number of rotatable bonds is 12. The highest BCUT2D eigenvalue weighted by molar-refractivity contribution is 7.89. The molecule has 0 radical (unpaired) electrons.